The van der Waals surface area contributed by atoms with Gasteiger partial charge in [-0.2, -0.15) is 0 Å². The summed E-state index contributed by atoms with van der Waals surface area (Å²) in [5, 5.41) is 2.09. The molecule has 0 aromatic heterocycles. The van der Waals surface area contributed by atoms with Crippen LogP contribution in [0.5, 0.6) is 0 Å². The Morgan fingerprint density at radius 1 is 1.22 bits per heavy atom. The van der Waals surface area contributed by atoms with Crippen molar-refractivity contribution in [2.75, 3.05) is 7.11 Å². The molecule has 0 heterocycles. The third kappa shape index (κ3) is 2.79. The van der Waals surface area contributed by atoms with E-state index >= 15 is 0 Å². The molecule has 0 saturated carbocycles. The Hall–Kier alpha value is -2.05. The van der Waals surface area contributed by atoms with Crippen LogP contribution < -0.4 is 5.32 Å². The van der Waals surface area contributed by atoms with Gasteiger partial charge in [0.25, 0.3) is 5.91 Å². The molecule has 4 nitrogen and oxygen atoms in total. The number of nitrogens with one attached hydrogen (secondary N) is 1. The molecule has 0 bridgehead atoms. The molecule has 0 unspecified atom stereocenters. The van der Waals surface area contributed by atoms with Crippen LogP contribution in [0.15, 0.2) is 12.1 Å². The fourth-order valence-electron chi connectivity index (χ4n) is 1.21. The highest BCUT2D eigenvalue weighted by Crippen LogP contribution is 2.15. The molecule has 1 rings (SSSR count). The van der Waals surface area contributed by atoms with Crippen LogP contribution in [-0.4, -0.2) is 25.0 Å². The second-order valence-corrected chi connectivity index (χ2v) is 3.44. The van der Waals surface area contributed by atoms with Crippen molar-refractivity contribution < 1.29 is 27.5 Å². The Balaban J connectivity index is 2.92. The minimum Gasteiger partial charge on any atom is -0.467 e. The van der Waals surface area contributed by atoms with Crippen molar-refractivity contribution in [2.24, 2.45) is 0 Å². The molecule has 0 saturated heterocycles. The number of carbonyl (C=O) groups excluding carboxylic acids is 2. The van der Waals surface area contributed by atoms with E-state index in [9.17, 15) is 22.8 Å². The highest BCUT2D eigenvalue weighted by atomic mass is 19.2. The second kappa shape index (κ2) is 5.52. The van der Waals surface area contributed by atoms with Gasteiger partial charge < -0.3 is 10.1 Å². The van der Waals surface area contributed by atoms with Crippen LogP contribution in [-0.2, 0) is 9.53 Å². The Labute approximate surface area is 101 Å². The third-order valence-electron chi connectivity index (χ3n) is 2.18. The molecule has 0 fully saturated rings. The fraction of sp³-hybridized carbons (Fsp3) is 0.273. The van der Waals surface area contributed by atoms with Crippen molar-refractivity contribution in [3.63, 3.8) is 0 Å². The molecule has 1 amide bonds. The Morgan fingerprint density at radius 2 is 1.83 bits per heavy atom. The van der Waals surface area contributed by atoms with E-state index in [0.717, 1.165) is 13.2 Å². The molecule has 1 aromatic carbocycles. The predicted octanol–water partition coefficient (Wildman–Crippen LogP) is 1.40. The lowest BCUT2D eigenvalue weighted by atomic mass is 10.1. The average molecular weight is 261 g/mol. The number of halogens is 3. The van der Waals surface area contributed by atoms with E-state index in [0.29, 0.717) is 6.07 Å². The number of hydrogen-bond acceptors (Lipinski definition) is 3. The molecular formula is C11H10F3NO3. The van der Waals surface area contributed by atoms with Crippen LogP contribution >= 0.6 is 0 Å². The van der Waals surface area contributed by atoms with E-state index in [2.05, 4.69) is 10.1 Å². The largest absolute Gasteiger partial charge is 0.467 e. The summed E-state index contributed by atoms with van der Waals surface area (Å²) in [5.74, 6) is -6.53. The minimum absolute atomic E-state index is 0.621. The standard InChI is InChI=1S/C11H10F3NO3/c1-5(11(17)18-2)15-10(16)6-3-4-7(12)9(14)8(6)13/h3-5H,1-2H3,(H,15,16)/t5-/m0/s1. The summed E-state index contributed by atoms with van der Waals surface area (Å²) in [6.45, 7) is 1.31. The van der Waals surface area contributed by atoms with E-state index in [4.69, 9.17) is 0 Å². The summed E-state index contributed by atoms with van der Waals surface area (Å²) < 4.78 is 43.1. The maximum atomic E-state index is 13.3. The summed E-state index contributed by atoms with van der Waals surface area (Å²) in [6, 6.07) is 0.374. The highest BCUT2D eigenvalue weighted by molar-refractivity contribution is 5.96. The third-order valence-corrected chi connectivity index (χ3v) is 2.18. The first-order chi connectivity index (χ1) is 8.38. The Bertz CT molecular complexity index is 491. The van der Waals surface area contributed by atoms with Crippen LogP contribution in [0.4, 0.5) is 13.2 Å². The summed E-state index contributed by atoms with van der Waals surface area (Å²) in [6.07, 6.45) is 0. The smallest absolute Gasteiger partial charge is 0.328 e. The monoisotopic (exact) mass is 261 g/mol. The first kappa shape index (κ1) is 14.0. The number of esters is 1. The van der Waals surface area contributed by atoms with Gasteiger partial charge in [-0.25, -0.2) is 18.0 Å². The molecule has 1 atom stereocenters. The molecule has 1 aromatic rings. The van der Waals surface area contributed by atoms with Crippen LogP contribution in [0, 0.1) is 17.5 Å². The maximum Gasteiger partial charge on any atom is 0.328 e. The average Bonchev–Trinajstić information content (AvgIpc) is 2.34. The first-order valence-electron chi connectivity index (χ1n) is 4.90. The van der Waals surface area contributed by atoms with E-state index in [-0.39, 0.29) is 0 Å². The van der Waals surface area contributed by atoms with Crippen molar-refractivity contribution in [1.29, 1.82) is 0 Å². The normalized spacial score (nSPS) is 11.8. The highest BCUT2D eigenvalue weighted by Gasteiger charge is 2.22. The minimum atomic E-state index is -1.74. The van der Waals surface area contributed by atoms with Crippen LogP contribution in [0.2, 0.25) is 0 Å². The van der Waals surface area contributed by atoms with Crippen molar-refractivity contribution in [1.82, 2.24) is 5.32 Å². The van der Waals surface area contributed by atoms with Gasteiger partial charge in [-0.3, -0.25) is 4.79 Å². The van der Waals surface area contributed by atoms with Crippen molar-refractivity contribution in [2.45, 2.75) is 13.0 Å². The molecule has 18 heavy (non-hydrogen) atoms. The SMILES string of the molecule is COC(=O)[C@H](C)NC(=O)c1ccc(F)c(F)c1F. The van der Waals surface area contributed by atoms with Gasteiger partial charge in [-0.05, 0) is 19.1 Å². The lowest BCUT2D eigenvalue weighted by molar-refractivity contribution is -0.142. The van der Waals surface area contributed by atoms with Crippen molar-refractivity contribution >= 4 is 11.9 Å². The molecule has 0 aliphatic heterocycles. The summed E-state index contributed by atoms with van der Waals surface area (Å²) >= 11 is 0. The second-order valence-electron chi connectivity index (χ2n) is 3.44. The van der Waals surface area contributed by atoms with Gasteiger partial charge in [0.1, 0.15) is 6.04 Å². The topological polar surface area (TPSA) is 55.4 Å². The zero-order valence-electron chi connectivity index (χ0n) is 9.59. The molecule has 0 aliphatic carbocycles. The van der Waals surface area contributed by atoms with E-state index in [1.54, 1.807) is 0 Å². The Kier molecular flexibility index (Phi) is 4.30. The zero-order chi connectivity index (χ0) is 13.9. The lowest BCUT2D eigenvalue weighted by Gasteiger charge is -2.12. The van der Waals surface area contributed by atoms with Gasteiger partial charge >= 0.3 is 5.97 Å². The lowest BCUT2D eigenvalue weighted by Crippen LogP contribution is -2.39. The molecule has 98 valence electrons. The maximum absolute atomic E-state index is 13.3. The first-order valence-corrected chi connectivity index (χ1v) is 4.90. The van der Waals surface area contributed by atoms with Crippen LogP contribution in [0.25, 0.3) is 0 Å². The quantitative estimate of drug-likeness (QED) is 0.661. The number of rotatable bonds is 3. The van der Waals surface area contributed by atoms with Crippen LogP contribution in [0.1, 0.15) is 17.3 Å². The Morgan fingerprint density at radius 3 is 2.39 bits per heavy atom. The van der Waals surface area contributed by atoms with Gasteiger partial charge in [-0.15, -0.1) is 0 Å². The van der Waals surface area contributed by atoms with Gasteiger partial charge in [0.05, 0.1) is 12.7 Å². The van der Waals surface area contributed by atoms with Gasteiger partial charge in [0, 0.05) is 0 Å². The van der Waals surface area contributed by atoms with Crippen molar-refractivity contribution in [3.8, 4) is 0 Å². The number of benzene rings is 1. The predicted molar refractivity (Wildman–Crippen MR) is 55.3 cm³/mol. The van der Waals surface area contributed by atoms with E-state index in [1.807, 2.05) is 0 Å². The zero-order valence-corrected chi connectivity index (χ0v) is 9.59. The molecule has 0 spiro atoms. The molecule has 7 heteroatoms. The molecule has 0 radical (unpaired) electrons. The summed E-state index contributed by atoms with van der Waals surface area (Å²) in [4.78, 5) is 22.5. The number of carbonyl (C=O) groups is 2. The fourth-order valence-corrected chi connectivity index (χ4v) is 1.21. The van der Waals surface area contributed by atoms with E-state index < -0.39 is 40.9 Å². The number of methoxy groups -OCH3 is 1. The molecule has 1 N–H and O–H groups in total. The van der Waals surface area contributed by atoms with E-state index in [1.165, 1.54) is 6.92 Å². The van der Waals surface area contributed by atoms with Gasteiger partial charge in [0.15, 0.2) is 17.5 Å². The summed E-state index contributed by atoms with van der Waals surface area (Å²) in [5.41, 5.74) is -0.690. The van der Waals surface area contributed by atoms with Crippen molar-refractivity contribution in [3.05, 3.63) is 35.1 Å². The number of amides is 1. The number of hydrogen-bond donors (Lipinski definition) is 1. The van der Waals surface area contributed by atoms with Gasteiger partial charge in [0.2, 0.25) is 0 Å². The molecule has 0 aliphatic rings. The van der Waals surface area contributed by atoms with Crippen LogP contribution in [0.3, 0.4) is 0 Å². The number of ether oxygens (including phenoxy) is 1. The summed E-state index contributed by atoms with van der Waals surface area (Å²) in [7, 11) is 1.11. The molecular weight excluding hydrogens is 251 g/mol. The van der Waals surface area contributed by atoms with Gasteiger partial charge in [-0.1, -0.05) is 0 Å².